The SMILES string of the molecule is CCN(CC)C(=O)N1CCN(Cc2ccc(OC)c(F)c2)CC1. The van der Waals surface area contributed by atoms with Gasteiger partial charge in [0, 0.05) is 45.8 Å². The molecule has 5 nitrogen and oxygen atoms in total. The molecule has 128 valence electrons. The van der Waals surface area contributed by atoms with Crippen LogP contribution in [-0.2, 0) is 6.54 Å². The van der Waals surface area contributed by atoms with Crippen LogP contribution in [0.4, 0.5) is 9.18 Å². The fourth-order valence-electron chi connectivity index (χ4n) is 2.86. The predicted molar refractivity (Wildman–Crippen MR) is 88.1 cm³/mol. The van der Waals surface area contributed by atoms with Gasteiger partial charge < -0.3 is 14.5 Å². The molecule has 1 heterocycles. The lowest BCUT2D eigenvalue weighted by atomic mass is 10.2. The van der Waals surface area contributed by atoms with Gasteiger partial charge >= 0.3 is 6.03 Å². The van der Waals surface area contributed by atoms with E-state index in [1.54, 1.807) is 6.07 Å². The van der Waals surface area contributed by atoms with Crippen molar-refractivity contribution >= 4 is 6.03 Å². The second-order valence-corrected chi connectivity index (χ2v) is 5.69. The molecular formula is C17H26FN3O2. The lowest BCUT2D eigenvalue weighted by Crippen LogP contribution is -2.52. The molecule has 0 unspecified atom stereocenters. The van der Waals surface area contributed by atoms with Crippen LogP contribution in [0.15, 0.2) is 18.2 Å². The first-order chi connectivity index (χ1) is 11.1. The molecule has 0 spiro atoms. The van der Waals surface area contributed by atoms with Gasteiger partial charge in [0.15, 0.2) is 11.6 Å². The van der Waals surface area contributed by atoms with Crippen LogP contribution in [0.2, 0.25) is 0 Å². The van der Waals surface area contributed by atoms with Crippen LogP contribution in [0, 0.1) is 5.82 Å². The Labute approximate surface area is 137 Å². The van der Waals surface area contributed by atoms with Gasteiger partial charge in [-0.1, -0.05) is 6.07 Å². The largest absolute Gasteiger partial charge is 0.494 e. The van der Waals surface area contributed by atoms with Crippen molar-refractivity contribution in [2.24, 2.45) is 0 Å². The van der Waals surface area contributed by atoms with Crippen LogP contribution < -0.4 is 4.74 Å². The van der Waals surface area contributed by atoms with Crippen LogP contribution in [0.1, 0.15) is 19.4 Å². The highest BCUT2D eigenvalue weighted by atomic mass is 19.1. The first kappa shape index (κ1) is 17.5. The molecule has 0 N–H and O–H groups in total. The summed E-state index contributed by atoms with van der Waals surface area (Å²) in [5, 5.41) is 0. The molecule has 0 aromatic heterocycles. The van der Waals surface area contributed by atoms with E-state index in [-0.39, 0.29) is 17.6 Å². The second-order valence-electron chi connectivity index (χ2n) is 5.69. The van der Waals surface area contributed by atoms with E-state index in [0.717, 1.165) is 31.7 Å². The number of piperazine rings is 1. The van der Waals surface area contributed by atoms with Crippen molar-refractivity contribution in [1.29, 1.82) is 0 Å². The number of urea groups is 1. The van der Waals surface area contributed by atoms with E-state index in [4.69, 9.17) is 4.74 Å². The van der Waals surface area contributed by atoms with E-state index in [2.05, 4.69) is 4.90 Å². The Balaban J connectivity index is 1.87. The average molecular weight is 323 g/mol. The minimum atomic E-state index is -0.333. The summed E-state index contributed by atoms with van der Waals surface area (Å²) in [6, 6.07) is 5.18. The number of halogens is 1. The number of hydrogen-bond donors (Lipinski definition) is 0. The minimum Gasteiger partial charge on any atom is -0.494 e. The predicted octanol–water partition coefficient (Wildman–Crippen LogP) is 2.41. The van der Waals surface area contributed by atoms with Crippen molar-refractivity contribution in [2.45, 2.75) is 20.4 Å². The highest BCUT2D eigenvalue weighted by Crippen LogP contribution is 2.19. The third kappa shape index (κ3) is 4.34. The Morgan fingerprint density at radius 1 is 1.22 bits per heavy atom. The zero-order valence-corrected chi connectivity index (χ0v) is 14.2. The molecule has 0 bridgehead atoms. The summed E-state index contributed by atoms with van der Waals surface area (Å²) in [5.41, 5.74) is 0.923. The van der Waals surface area contributed by atoms with Crippen molar-refractivity contribution in [3.8, 4) is 5.75 Å². The van der Waals surface area contributed by atoms with Gasteiger partial charge in [-0.25, -0.2) is 9.18 Å². The van der Waals surface area contributed by atoms with Gasteiger partial charge in [0.25, 0.3) is 0 Å². The monoisotopic (exact) mass is 323 g/mol. The van der Waals surface area contributed by atoms with E-state index in [9.17, 15) is 9.18 Å². The Morgan fingerprint density at radius 3 is 2.39 bits per heavy atom. The molecule has 23 heavy (non-hydrogen) atoms. The summed E-state index contributed by atoms with van der Waals surface area (Å²) in [4.78, 5) is 18.3. The third-order valence-electron chi connectivity index (χ3n) is 4.30. The fraction of sp³-hybridized carbons (Fsp3) is 0.588. The van der Waals surface area contributed by atoms with Crippen molar-refractivity contribution in [3.05, 3.63) is 29.6 Å². The van der Waals surface area contributed by atoms with Crippen molar-refractivity contribution < 1.29 is 13.9 Å². The van der Waals surface area contributed by atoms with Gasteiger partial charge in [0.05, 0.1) is 7.11 Å². The number of nitrogens with zero attached hydrogens (tertiary/aromatic N) is 3. The van der Waals surface area contributed by atoms with E-state index >= 15 is 0 Å². The lowest BCUT2D eigenvalue weighted by molar-refractivity contribution is 0.112. The number of benzene rings is 1. The van der Waals surface area contributed by atoms with E-state index in [1.807, 2.05) is 29.7 Å². The topological polar surface area (TPSA) is 36.0 Å². The normalized spacial score (nSPS) is 15.6. The van der Waals surface area contributed by atoms with Crippen molar-refractivity contribution in [2.75, 3.05) is 46.4 Å². The maximum atomic E-state index is 13.7. The molecule has 0 radical (unpaired) electrons. The second kappa shape index (κ2) is 8.15. The van der Waals surface area contributed by atoms with Crippen LogP contribution in [0.5, 0.6) is 5.75 Å². The molecule has 1 aliphatic rings. The summed E-state index contributed by atoms with van der Waals surface area (Å²) in [6.45, 7) is 9.20. The fourth-order valence-corrected chi connectivity index (χ4v) is 2.86. The van der Waals surface area contributed by atoms with E-state index in [0.29, 0.717) is 19.6 Å². The summed E-state index contributed by atoms with van der Waals surface area (Å²) in [5.74, 6) is -0.0660. The number of carbonyl (C=O) groups is 1. The Hall–Kier alpha value is -1.82. The number of ether oxygens (including phenoxy) is 1. The summed E-state index contributed by atoms with van der Waals surface area (Å²) in [7, 11) is 1.46. The molecule has 2 amide bonds. The first-order valence-electron chi connectivity index (χ1n) is 8.17. The maximum absolute atomic E-state index is 13.7. The van der Waals surface area contributed by atoms with Gasteiger partial charge in [-0.3, -0.25) is 4.90 Å². The zero-order chi connectivity index (χ0) is 16.8. The van der Waals surface area contributed by atoms with E-state index in [1.165, 1.54) is 13.2 Å². The summed E-state index contributed by atoms with van der Waals surface area (Å²) < 4.78 is 18.7. The molecule has 1 aromatic rings. The average Bonchev–Trinajstić information content (AvgIpc) is 2.57. The first-order valence-corrected chi connectivity index (χ1v) is 8.17. The minimum absolute atomic E-state index is 0.116. The molecule has 6 heteroatoms. The molecule has 0 saturated carbocycles. The number of amides is 2. The van der Waals surface area contributed by atoms with Gasteiger partial charge in [-0.2, -0.15) is 0 Å². The molecule has 0 atom stereocenters. The number of rotatable bonds is 5. The number of carbonyl (C=O) groups excluding carboxylic acids is 1. The van der Waals surface area contributed by atoms with Crippen molar-refractivity contribution in [1.82, 2.24) is 14.7 Å². The number of hydrogen-bond acceptors (Lipinski definition) is 3. The summed E-state index contributed by atoms with van der Waals surface area (Å²) >= 11 is 0. The van der Waals surface area contributed by atoms with Gasteiger partial charge in [0.2, 0.25) is 0 Å². The molecule has 2 rings (SSSR count). The van der Waals surface area contributed by atoms with E-state index < -0.39 is 0 Å². The van der Waals surface area contributed by atoms with Gasteiger partial charge in [0.1, 0.15) is 0 Å². The molecular weight excluding hydrogens is 297 g/mol. The van der Waals surface area contributed by atoms with Crippen LogP contribution >= 0.6 is 0 Å². The highest BCUT2D eigenvalue weighted by Gasteiger charge is 2.23. The van der Waals surface area contributed by atoms with Crippen LogP contribution in [-0.4, -0.2) is 67.1 Å². The molecule has 1 fully saturated rings. The molecule has 0 aliphatic carbocycles. The number of methoxy groups -OCH3 is 1. The standard InChI is InChI=1S/C17H26FN3O2/c1-4-20(5-2)17(22)21-10-8-19(9-11-21)13-14-6-7-16(23-3)15(18)12-14/h6-7,12H,4-5,8-11,13H2,1-3H3. The maximum Gasteiger partial charge on any atom is 0.320 e. The van der Waals surface area contributed by atoms with Crippen LogP contribution in [0.3, 0.4) is 0 Å². The molecule has 1 aliphatic heterocycles. The molecule has 1 aromatic carbocycles. The zero-order valence-electron chi connectivity index (χ0n) is 14.2. The smallest absolute Gasteiger partial charge is 0.320 e. The van der Waals surface area contributed by atoms with Crippen molar-refractivity contribution in [3.63, 3.8) is 0 Å². The highest BCUT2D eigenvalue weighted by molar-refractivity contribution is 5.74. The van der Waals surface area contributed by atoms with Gasteiger partial charge in [-0.05, 0) is 31.5 Å². The van der Waals surface area contributed by atoms with Crippen LogP contribution in [0.25, 0.3) is 0 Å². The Morgan fingerprint density at radius 2 is 1.87 bits per heavy atom. The lowest BCUT2D eigenvalue weighted by Gasteiger charge is -2.37. The quantitative estimate of drug-likeness (QED) is 0.835. The Kier molecular flexibility index (Phi) is 6.21. The van der Waals surface area contributed by atoms with Gasteiger partial charge in [-0.15, -0.1) is 0 Å². The third-order valence-corrected chi connectivity index (χ3v) is 4.30. The summed E-state index contributed by atoms with van der Waals surface area (Å²) in [6.07, 6.45) is 0. The Bertz CT molecular complexity index is 527. The molecule has 1 saturated heterocycles.